The van der Waals surface area contributed by atoms with Crippen molar-refractivity contribution in [2.45, 2.75) is 167 Å². The van der Waals surface area contributed by atoms with Gasteiger partial charge >= 0.3 is 5.97 Å². The van der Waals surface area contributed by atoms with Crippen LogP contribution in [0.3, 0.4) is 0 Å². The second-order valence-corrected chi connectivity index (χ2v) is 10.5. The van der Waals surface area contributed by atoms with Gasteiger partial charge in [-0.25, -0.2) is 0 Å². The Kier molecular flexibility index (Phi) is 22.6. The van der Waals surface area contributed by atoms with E-state index < -0.39 is 23.0 Å². The zero-order chi connectivity index (χ0) is 24.6. The highest BCUT2D eigenvalue weighted by molar-refractivity contribution is 7.80. The molecule has 0 fully saturated rings. The van der Waals surface area contributed by atoms with Crippen molar-refractivity contribution in [3.63, 3.8) is 0 Å². The largest absolute Gasteiger partial charge is 0.500 e. The van der Waals surface area contributed by atoms with Crippen molar-refractivity contribution in [2.75, 3.05) is 0 Å². The number of thiocarbonyl (C=S) groups is 1. The van der Waals surface area contributed by atoms with Gasteiger partial charge in [-0.1, -0.05) is 148 Å². The molecule has 196 valence electrons. The Morgan fingerprint density at radius 2 is 0.848 bits per heavy atom. The van der Waals surface area contributed by atoms with E-state index >= 15 is 0 Å². The molecule has 0 aliphatic carbocycles. The van der Waals surface area contributed by atoms with Crippen LogP contribution in [0.15, 0.2) is 0 Å². The molecule has 33 heavy (non-hydrogen) atoms. The number of hydrogen-bond donors (Lipinski definition) is 3. The Bertz CT molecular complexity index is 469. The van der Waals surface area contributed by atoms with Crippen LogP contribution in [0.2, 0.25) is 0 Å². The van der Waals surface area contributed by atoms with E-state index in [-0.39, 0.29) is 6.42 Å². The third-order valence-corrected chi connectivity index (χ3v) is 7.17. The molecule has 1 unspecified atom stereocenters. The van der Waals surface area contributed by atoms with Gasteiger partial charge in [0, 0.05) is 0 Å². The fraction of sp³-hybridized carbons (Fsp3) is 0.929. The lowest BCUT2D eigenvalue weighted by atomic mass is 9.93. The summed E-state index contributed by atoms with van der Waals surface area (Å²) in [6.45, 7) is 2.28. The second kappa shape index (κ2) is 23.1. The van der Waals surface area contributed by atoms with Gasteiger partial charge in [-0.3, -0.25) is 4.79 Å². The van der Waals surface area contributed by atoms with Crippen molar-refractivity contribution < 1.29 is 20.1 Å². The monoisotopic (exact) mass is 486 g/mol. The van der Waals surface area contributed by atoms with Crippen LogP contribution in [-0.4, -0.2) is 31.9 Å². The summed E-state index contributed by atoms with van der Waals surface area (Å²) in [5.74, 6) is -1.15. The standard InChI is InChI=1S/C28H54O4S/c1-2-3-4-5-6-7-8-9-10-11-12-13-14-15-16-17-18-19-20-21-22-23-24-28(32,27(31)33)25-26(29)30/h32H,2-25H2,1H3,(H,29,30)(H,31,33). The van der Waals surface area contributed by atoms with Crippen LogP contribution in [0.4, 0.5) is 0 Å². The number of aliphatic carboxylic acids is 1. The first-order valence-electron chi connectivity index (χ1n) is 14.1. The molecule has 0 saturated heterocycles. The Morgan fingerprint density at radius 1 is 0.576 bits per heavy atom. The third-order valence-electron chi connectivity index (χ3n) is 6.79. The molecule has 0 aromatic carbocycles. The maximum atomic E-state index is 10.8. The van der Waals surface area contributed by atoms with Crippen molar-refractivity contribution in [3.05, 3.63) is 0 Å². The molecule has 0 heterocycles. The summed E-state index contributed by atoms with van der Waals surface area (Å²) in [6, 6.07) is 0. The average molecular weight is 487 g/mol. The minimum Gasteiger partial charge on any atom is -0.500 e. The number of rotatable bonds is 26. The van der Waals surface area contributed by atoms with Crippen molar-refractivity contribution in [3.8, 4) is 0 Å². The van der Waals surface area contributed by atoms with Crippen molar-refractivity contribution in [1.82, 2.24) is 0 Å². The summed E-state index contributed by atoms with van der Waals surface area (Å²) >= 11 is 4.62. The summed E-state index contributed by atoms with van der Waals surface area (Å²) in [5, 5.41) is 27.8. The van der Waals surface area contributed by atoms with Crippen LogP contribution >= 0.6 is 12.2 Å². The van der Waals surface area contributed by atoms with Gasteiger partial charge in [-0.15, -0.1) is 0 Å². The van der Waals surface area contributed by atoms with Crippen LogP contribution in [-0.2, 0) is 4.79 Å². The molecule has 0 aromatic rings. The van der Waals surface area contributed by atoms with Crippen LogP contribution in [0.25, 0.3) is 0 Å². The number of hydrogen-bond acceptors (Lipinski definition) is 3. The van der Waals surface area contributed by atoms with Crippen molar-refractivity contribution in [2.24, 2.45) is 0 Å². The lowest BCUT2D eigenvalue weighted by Crippen LogP contribution is -2.39. The molecule has 4 nitrogen and oxygen atoms in total. The molecule has 0 radical (unpaired) electrons. The summed E-state index contributed by atoms with van der Waals surface area (Å²) in [4.78, 5) is 10.8. The van der Waals surface area contributed by atoms with E-state index in [9.17, 15) is 15.0 Å². The predicted molar refractivity (Wildman–Crippen MR) is 144 cm³/mol. The summed E-state index contributed by atoms with van der Waals surface area (Å²) in [7, 11) is 0. The van der Waals surface area contributed by atoms with Gasteiger partial charge in [0.25, 0.3) is 0 Å². The quantitative estimate of drug-likeness (QED) is 0.0839. The van der Waals surface area contributed by atoms with E-state index in [1.54, 1.807) is 0 Å². The minimum absolute atomic E-state index is 0.216. The normalized spacial score (nSPS) is 13.2. The Morgan fingerprint density at radius 3 is 1.09 bits per heavy atom. The molecular formula is C28H54O4S. The van der Waals surface area contributed by atoms with Crippen LogP contribution in [0.1, 0.15) is 161 Å². The van der Waals surface area contributed by atoms with Gasteiger partial charge in [0.1, 0.15) is 5.60 Å². The summed E-state index contributed by atoms with van der Waals surface area (Å²) in [6.07, 6.45) is 28.6. The maximum absolute atomic E-state index is 10.8. The Labute approximate surface area is 209 Å². The zero-order valence-corrected chi connectivity index (χ0v) is 22.4. The van der Waals surface area contributed by atoms with Crippen LogP contribution in [0.5, 0.6) is 0 Å². The molecule has 3 N–H and O–H groups in total. The number of carboxylic acid groups (broad SMARTS) is 1. The van der Waals surface area contributed by atoms with Crippen LogP contribution in [0, 0.1) is 0 Å². The molecule has 5 heteroatoms. The molecule has 0 amide bonds. The topological polar surface area (TPSA) is 77.8 Å². The van der Waals surface area contributed by atoms with Gasteiger partial charge in [0.05, 0.1) is 6.42 Å². The predicted octanol–water partition coefficient (Wildman–Crippen LogP) is 9.07. The molecule has 0 saturated carbocycles. The average Bonchev–Trinajstić information content (AvgIpc) is 2.76. The molecule has 0 aromatic heterocycles. The first-order chi connectivity index (χ1) is 15.9. The molecule has 0 spiro atoms. The Hall–Kier alpha value is -0.680. The fourth-order valence-electron chi connectivity index (χ4n) is 4.55. The molecule has 0 rings (SSSR count). The first-order valence-corrected chi connectivity index (χ1v) is 14.5. The van der Waals surface area contributed by atoms with E-state index in [2.05, 4.69) is 19.1 Å². The highest BCUT2D eigenvalue weighted by atomic mass is 32.1. The molecule has 1 atom stereocenters. The number of carboxylic acids is 1. The highest BCUT2D eigenvalue weighted by Gasteiger charge is 2.34. The minimum atomic E-state index is -1.76. The zero-order valence-electron chi connectivity index (χ0n) is 21.6. The second-order valence-electron chi connectivity index (χ2n) is 10.1. The van der Waals surface area contributed by atoms with E-state index in [1.807, 2.05) is 0 Å². The van der Waals surface area contributed by atoms with Gasteiger partial charge < -0.3 is 15.3 Å². The van der Waals surface area contributed by atoms with Crippen molar-refractivity contribution in [1.29, 1.82) is 0 Å². The number of unbranched alkanes of at least 4 members (excludes halogenated alkanes) is 21. The van der Waals surface area contributed by atoms with Crippen LogP contribution < -0.4 is 0 Å². The van der Waals surface area contributed by atoms with Gasteiger partial charge in [-0.2, -0.15) is 0 Å². The van der Waals surface area contributed by atoms with Crippen molar-refractivity contribution >= 4 is 23.2 Å². The molecule has 0 bridgehead atoms. The SMILES string of the molecule is CCCCCCCCCCCCCCCCCCCCCCCCC(O)(CC(=O)O)C(O)=S. The van der Waals surface area contributed by atoms with Gasteiger partial charge in [0.2, 0.25) is 0 Å². The lowest BCUT2D eigenvalue weighted by Gasteiger charge is -2.23. The van der Waals surface area contributed by atoms with E-state index in [4.69, 9.17) is 5.11 Å². The summed E-state index contributed by atoms with van der Waals surface area (Å²) < 4.78 is 0. The van der Waals surface area contributed by atoms with E-state index in [0.29, 0.717) is 6.42 Å². The highest BCUT2D eigenvalue weighted by Crippen LogP contribution is 2.22. The number of aliphatic hydroxyl groups excluding tert-OH is 1. The summed E-state index contributed by atoms with van der Waals surface area (Å²) in [5.41, 5.74) is -1.76. The smallest absolute Gasteiger partial charge is 0.306 e. The third kappa shape index (κ3) is 21.6. The van der Waals surface area contributed by atoms with E-state index in [0.717, 1.165) is 12.8 Å². The lowest BCUT2D eigenvalue weighted by molar-refractivity contribution is -0.140. The number of aliphatic hydroxyl groups is 2. The molecular weight excluding hydrogens is 432 g/mol. The van der Waals surface area contributed by atoms with Gasteiger partial charge in [-0.05, 0) is 18.6 Å². The number of carbonyl (C=O) groups is 1. The molecule has 0 aliphatic rings. The Balaban J connectivity index is 3.28. The maximum Gasteiger partial charge on any atom is 0.306 e. The van der Waals surface area contributed by atoms with Gasteiger partial charge in [0.15, 0.2) is 5.05 Å². The first kappa shape index (κ1) is 32.3. The van der Waals surface area contributed by atoms with E-state index in [1.165, 1.54) is 122 Å². The fourth-order valence-corrected chi connectivity index (χ4v) is 4.72. The molecule has 0 aliphatic heterocycles.